The number of methoxy groups -OCH3 is 1. The van der Waals surface area contributed by atoms with Crippen LogP contribution in [0, 0.1) is 0 Å². The van der Waals surface area contributed by atoms with Gasteiger partial charge in [-0.2, -0.15) is 0 Å². The number of ether oxygens (including phenoxy) is 2. The van der Waals surface area contributed by atoms with Crippen molar-refractivity contribution in [2.45, 2.75) is 58.8 Å². The summed E-state index contributed by atoms with van der Waals surface area (Å²) in [6.07, 6.45) is -0.552. The second-order valence-corrected chi connectivity index (χ2v) is 7.06. The molecular formula is C17H28N2O4. The van der Waals surface area contributed by atoms with Crippen LogP contribution in [0.2, 0.25) is 0 Å². The molecule has 6 heteroatoms. The number of anilines is 2. The first kappa shape index (κ1) is 19.1. The van der Waals surface area contributed by atoms with Crippen molar-refractivity contribution in [2.75, 3.05) is 17.7 Å². The Hall–Kier alpha value is -1.95. The Labute approximate surface area is 138 Å². The highest BCUT2D eigenvalue weighted by atomic mass is 16.6. The highest BCUT2D eigenvalue weighted by Crippen LogP contribution is 2.29. The summed E-state index contributed by atoms with van der Waals surface area (Å²) in [5, 5.41) is 15.9. The third-order valence-corrected chi connectivity index (χ3v) is 3.28. The van der Waals surface area contributed by atoms with E-state index < -0.39 is 17.3 Å². The van der Waals surface area contributed by atoms with Crippen LogP contribution in [-0.4, -0.2) is 35.6 Å². The Kier molecular flexibility index (Phi) is 5.88. The highest BCUT2D eigenvalue weighted by Gasteiger charge is 2.22. The largest absolute Gasteiger partial charge is 0.495 e. The molecule has 1 aromatic carbocycles. The van der Waals surface area contributed by atoms with Gasteiger partial charge in [0.25, 0.3) is 0 Å². The minimum Gasteiger partial charge on any atom is -0.495 e. The molecule has 0 saturated heterocycles. The molecule has 1 amide bonds. The van der Waals surface area contributed by atoms with Gasteiger partial charge in [-0.1, -0.05) is 0 Å². The number of carbonyl (C=O) groups is 1. The maximum absolute atomic E-state index is 11.9. The number of carbonyl (C=O) groups excluding carboxylic acids is 1. The predicted molar refractivity (Wildman–Crippen MR) is 92.2 cm³/mol. The summed E-state index contributed by atoms with van der Waals surface area (Å²) < 4.78 is 10.5. The third kappa shape index (κ3) is 6.36. The van der Waals surface area contributed by atoms with Crippen molar-refractivity contribution in [3.05, 3.63) is 18.2 Å². The summed E-state index contributed by atoms with van der Waals surface area (Å²) in [5.74, 6) is 0.525. The van der Waals surface area contributed by atoms with Crippen LogP contribution >= 0.6 is 0 Å². The average Bonchev–Trinajstić information content (AvgIpc) is 2.35. The summed E-state index contributed by atoms with van der Waals surface area (Å²) in [6.45, 7) is 10.7. The number of nitrogens with one attached hydrogen (secondary N) is 2. The lowest BCUT2D eigenvalue weighted by molar-refractivity contribution is 0.0631. The lowest BCUT2D eigenvalue weighted by Crippen LogP contribution is -2.39. The molecule has 0 spiro atoms. The molecule has 6 nitrogen and oxygen atoms in total. The molecule has 0 radical (unpaired) electrons. The molecule has 0 saturated carbocycles. The Morgan fingerprint density at radius 3 is 2.30 bits per heavy atom. The number of amides is 1. The first-order valence-electron chi connectivity index (χ1n) is 7.59. The topological polar surface area (TPSA) is 79.8 Å². The van der Waals surface area contributed by atoms with E-state index in [2.05, 4.69) is 10.6 Å². The van der Waals surface area contributed by atoms with Gasteiger partial charge in [0.1, 0.15) is 11.4 Å². The van der Waals surface area contributed by atoms with Crippen molar-refractivity contribution < 1.29 is 19.4 Å². The van der Waals surface area contributed by atoms with Gasteiger partial charge in [-0.15, -0.1) is 0 Å². The molecule has 130 valence electrons. The maximum atomic E-state index is 11.9. The van der Waals surface area contributed by atoms with Gasteiger partial charge in [0, 0.05) is 5.69 Å². The van der Waals surface area contributed by atoms with Crippen LogP contribution in [0.25, 0.3) is 0 Å². The Morgan fingerprint density at radius 2 is 1.83 bits per heavy atom. The zero-order valence-corrected chi connectivity index (χ0v) is 15.0. The quantitative estimate of drug-likeness (QED) is 0.771. The molecule has 0 bridgehead atoms. The number of rotatable bonds is 5. The second-order valence-electron chi connectivity index (χ2n) is 7.06. The van der Waals surface area contributed by atoms with E-state index in [9.17, 15) is 9.90 Å². The van der Waals surface area contributed by atoms with E-state index in [0.29, 0.717) is 11.4 Å². The minimum absolute atomic E-state index is 0.176. The molecule has 1 rings (SSSR count). The molecule has 0 aromatic heterocycles. The van der Waals surface area contributed by atoms with Crippen molar-refractivity contribution in [3.8, 4) is 5.75 Å². The SMILES string of the molecule is COc1ccc(NC(C)C(C)(C)O)cc1NC(=O)OC(C)(C)C. The van der Waals surface area contributed by atoms with Crippen LogP contribution in [0.5, 0.6) is 5.75 Å². The number of benzene rings is 1. The molecule has 3 N–H and O–H groups in total. The summed E-state index contributed by atoms with van der Waals surface area (Å²) in [4.78, 5) is 11.9. The minimum atomic E-state index is -0.876. The molecule has 1 unspecified atom stereocenters. The molecule has 0 aliphatic carbocycles. The van der Waals surface area contributed by atoms with E-state index in [-0.39, 0.29) is 6.04 Å². The van der Waals surface area contributed by atoms with E-state index in [0.717, 1.165) is 5.69 Å². The Bertz CT molecular complexity index is 545. The van der Waals surface area contributed by atoms with Crippen molar-refractivity contribution in [1.29, 1.82) is 0 Å². The van der Waals surface area contributed by atoms with Crippen molar-refractivity contribution >= 4 is 17.5 Å². The molecule has 1 atom stereocenters. The standard InChI is InChI=1S/C17H28N2O4/c1-11(17(5,6)21)18-12-8-9-14(22-7)13(10-12)19-15(20)23-16(2,3)4/h8-11,18,21H,1-7H3,(H,19,20). The molecule has 0 aliphatic rings. The lowest BCUT2D eigenvalue weighted by Gasteiger charge is -2.28. The normalized spacial score (nSPS) is 13.2. The lowest BCUT2D eigenvalue weighted by atomic mass is 10.0. The van der Waals surface area contributed by atoms with E-state index in [1.54, 1.807) is 46.8 Å². The summed E-state index contributed by atoms with van der Waals surface area (Å²) >= 11 is 0. The van der Waals surface area contributed by atoms with Crippen LogP contribution in [-0.2, 0) is 4.74 Å². The van der Waals surface area contributed by atoms with Gasteiger partial charge in [0.2, 0.25) is 0 Å². The smallest absolute Gasteiger partial charge is 0.412 e. The van der Waals surface area contributed by atoms with Gasteiger partial charge in [-0.05, 0) is 59.7 Å². The number of hydrogen-bond donors (Lipinski definition) is 3. The summed E-state index contributed by atoms with van der Waals surface area (Å²) in [7, 11) is 1.53. The van der Waals surface area contributed by atoms with Gasteiger partial charge in [0.05, 0.1) is 24.4 Å². The number of hydrogen-bond acceptors (Lipinski definition) is 5. The van der Waals surface area contributed by atoms with Crippen LogP contribution in [0.4, 0.5) is 16.2 Å². The van der Waals surface area contributed by atoms with Crippen molar-refractivity contribution in [3.63, 3.8) is 0 Å². The fourth-order valence-electron chi connectivity index (χ4n) is 1.74. The van der Waals surface area contributed by atoms with E-state index in [4.69, 9.17) is 9.47 Å². The molecule has 0 fully saturated rings. The van der Waals surface area contributed by atoms with Gasteiger partial charge >= 0.3 is 6.09 Å². The highest BCUT2D eigenvalue weighted by molar-refractivity contribution is 5.88. The van der Waals surface area contributed by atoms with E-state index >= 15 is 0 Å². The van der Waals surface area contributed by atoms with Crippen LogP contribution in [0.15, 0.2) is 18.2 Å². The monoisotopic (exact) mass is 324 g/mol. The van der Waals surface area contributed by atoms with Gasteiger partial charge in [-0.25, -0.2) is 4.79 Å². The predicted octanol–water partition coefficient (Wildman–Crippen LogP) is 3.61. The maximum Gasteiger partial charge on any atom is 0.412 e. The second kappa shape index (κ2) is 7.08. The van der Waals surface area contributed by atoms with E-state index in [1.165, 1.54) is 7.11 Å². The first-order valence-corrected chi connectivity index (χ1v) is 7.59. The zero-order chi connectivity index (χ0) is 17.8. The van der Waals surface area contributed by atoms with Crippen LogP contribution in [0.3, 0.4) is 0 Å². The van der Waals surface area contributed by atoms with Gasteiger partial charge in [-0.3, -0.25) is 5.32 Å². The van der Waals surface area contributed by atoms with Gasteiger partial charge in [0.15, 0.2) is 0 Å². The van der Waals surface area contributed by atoms with Crippen molar-refractivity contribution in [1.82, 2.24) is 0 Å². The molecule has 1 aromatic rings. The summed E-state index contributed by atoms with van der Waals surface area (Å²) in [5.41, 5.74) is -0.206. The van der Waals surface area contributed by atoms with Crippen molar-refractivity contribution in [2.24, 2.45) is 0 Å². The average molecular weight is 324 g/mol. The van der Waals surface area contributed by atoms with Crippen LogP contribution < -0.4 is 15.4 Å². The van der Waals surface area contributed by atoms with Crippen LogP contribution in [0.1, 0.15) is 41.5 Å². The molecule has 23 heavy (non-hydrogen) atoms. The third-order valence-electron chi connectivity index (χ3n) is 3.28. The Morgan fingerprint density at radius 1 is 1.22 bits per heavy atom. The Balaban J connectivity index is 2.93. The molecule has 0 aliphatic heterocycles. The fourth-order valence-corrected chi connectivity index (χ4v) is 1.74. The molecule has 0 heterocycles. The summed E-state index contributed by atoms with van der Waals surface area (Å²) in [6, 6.07) is 5.13. The first-order chi connectivity index (χ1) is 10.4. The van der Waals surface area contributed by atoms with E-state index in [1.807, 2.05) is 13.0 Å². The zero-order valence-electron chi connectivity index (χ0n) is 15.0. The fraction of sp³-hybridized carbons (Fsp3) is 0.588. The number of aliphatic hydroxyl groups is 1. The molecular weight excluding hydrogens is 296 g/mol. The van der Waals surface area contributed by atoms with Gasteiger partial charge < -0.3 is 19.9 Å².